The van der Waals surface area contributed by atoms with Crippen LogP contribution in [0.15, 0.2) is 12.1 Å². The Morgan fingerprint density at radius 2 is 1.88 bits per heavy atom. The summed E-state index contributed by atoms with van der Waals surface area (Å²) in [6, 6.07) is 0.999. The van der Waals surface area contributed by atoms with Crippen molar-refractivity contribution in [3.05, 3.63) is 34.1 Å². The molecule has 1 aromatic carbocycles. The van der Waals surface area contributed by atoms with Crippen LogP contribution in [0.3, 0.4) is 0 Å². The van der Waals surface area contributed by atoms with E-state index in [1.807, 2.05) is 4.90 Å². The minimum Gasteiger partial charge on any atom is -0.396 e. The molecule has 138 valence electrons. The third kappa shape index (κ3) is 4.95. The summed E-state index contributed by atoms with van der Waals surface area (Å²) in [6.45, 7) is 2.11. The van der Waals surface area contributed by atoms with E-state index < -0.39 is 29.2 Å². The number of nitrogens with zero attached hydrogens (tertiary/aromatic N) is 1. The monoisotopic (exact) mass is 390 g/mol. The van der Waals surface area contributed by atoms with E-state index in [1.54, 1.807) is 0 Å². The third-order valence-electron chi connectivity index (χ3n) is 4.00. The largest absolute Gasteiger partial charge is 0.416 e. The van der Waals surface area contributed by atoms with Crippen LogP contribution in [-0.4, -0.2) is 42.8 Å². The lowest BCUT2D eigenvalue weighted by Crippen LogP contribution is -2.45. The Labute approximate surface area is 149 Å². The first-order valence-corrected chi connectivity index (χ1v) is 7.84. The van der Waals surface area contributed by atoms with Gasteiger partial charge in [0.25, 0.3) is 0 Å². The van der Waals surface area contributed by atoms with Gasteiger partial charge in [0.15, 0.2) is 0 Å². The van der Waals surface area contributed by atoms with E-state index in [2.05, 4.69) is 5.32 Å². The fourth-order valence-corrected chi connectivity index (χ4v) is 3.09. The summed E-state index contributed by atoms with van der Waals surface area (Å²) in [6.07, 6.45) is -4.14. The number of benzene rings is 1. The number of aliphatic hydroxyl groups excluding tert-OH is 1. The topological polar surface area (TPSA) is 35.5 Å². The van der Waals surface area contributed by atoms with Crippen LogP contribution in [0.5, 0.6) is 0 Å². The van der Waals surface area contributed by atoms with Crippen molar-refractivity contribution < 1.29 is 22.7 Å². The molecule has 0 radical (unpaired) electrons. The number of halogens is 6. The Balaban J connectivity index is 0.00000288. The summed E-state index contributed by atoms with van der Waals surface area (Å²) >= 11 is 5.73. The highest BCUT2D eigenvalue weighted by atomic mass is 35.5. The highest BCUT2D eigenvalue weighted by Gasteiger charge is 2.39. The summed E-state index contributed by atoms with van der Waals surface area (Å²) in [5.74, 6) is -1.03. The highest BCUT2D eigenvalue weighted by Crippen LogP contribution is 2.41. The van der Waals surface area contributed by atoms with Crippen molar-refractivity contribution >= 4 is 24.0 Å². The molecule has 0 spiro atoms. The zero-order valence-corrected chi connectivity index (χ0v) is 14.4. The van der Waals surface area contributed by atoms with Crippen molar-refractivity contribution in [1.29, 1.82) is 0 Å². The second-order valence-electron chi connectivity index (χ2n) is 5.49. The Bertz CT molecular complexity index is 537. The Kier molecular flexibility index (Phi) is 8.22. The van der Waals surface area contributed by atoms with Crippen LogP contribution < -0.4 is 5.32 Å². The van der Waals surface area contributed by atoms with Crippen LogP contribution >= 0.6 is 24.0 Å². The van der Waals surface area contributed by atoms with Crippen LogP contribution in [0.25, 0.3) is 0 Å². The Morgan fingerprint density at radius 1 is 1.25 bits per heavy atom. The van der Waals surface area contributed by atoms with Crippen LogP contribution in [0.2, 0.25) is 5.02 Å². The summed E-state index contributed by atoms with van der Waals surface area (Å²) in [7, 11) is 0. The zero-order chi connectivity index (χ0) is 17.0. The summed E-state index contributed by atoms with van der Waals surface area (Å²) in [5.41, 5.74) is -1.42. The standard InChI is InChI=1S/C15H19ClF4N2O.ClH/c16-11-4-3-10(15(18,19)20)13(14(11)17)12(2-1-9-23)22-7-5-21-6-8-22;/h3-4,12,21,23H,1-2,5-9H2;1H/t12-;/m0./s1. The van der Waals surface area contributed by atoms with Crippen LogP contribution in [0.4, 0.5) is 17.6 Å². The van der Waals surface area contributed by atoms with Crippen LogP contribution in [-0.2, 0) is 6.18 Å². The van der Waals surface area contributed by atoms with Crippen molar-refractivity contribution in [3.8, 4) is 0 Å². The molecule has 1 aliphatic heterocycles. The molecule has 3 nitrogen and oxygen atoms in total. The van der Waals surface area contributed by atoms with Gasteiger partial charge in [0.1, 0.15) is 5.82 Å². The Hall–Kier alpha value is -0.600. The fourth-order valence-electron chi connectivity index (χ4n) is 2.93. The zero-order valence-electron chi connectivity index (χ0n) is 12.9. The van der Waals surface area contributed by atoms with Gasteiger partial charge in [-0.1, -0.05) is 11.6 Å². The first-order valence-electron chi connectivity index (χ1n) is 7.47. The van der Waals surface area contributed by atoms with Gasteiger partial charge in [0, 0.05) is 44.4 Å². The number of hydrogen-bond donors (Lipinski definition) is 2. The minimum absolute atomic E-state index is 0. The van der Waals surface area contributed by atoms with Crippen LogP contribution in [0.1, 0.15) is 30.0 Å². The molecule has 0 saturated carbocycles. The quantitative estimate of drug-likeness (QED) is 0.753. The van der Waals surface area contributed by atoms with Crippen LogP contribution in [0, 0.1) is 5.82 Å². The lowest BCUT2D eigenvalue weighted by Gasteiger charge is -2.36. The predicted octanol–water partition coefficient (Wildman–Crippen LogP) is 3.64. The number of nitrogens with one attached hydrogen (secondary N) is 1. The van der Waals surface area contributed by atoms with E-state index in [9.17, 15) is 17.6 Å². The smallest absolute Gasteiger partial charge is 0.396 e. The average molecular weight is 391 g/mol. The number of piperazine rings is 1. The molecular formula is C15H20Cl2F4N2O. The van der Waals surface area contributed by atoms with Gasteiger partial charge in [-0.3, -0.25) is 4.90 Å². The van der Waals surface area contributed by atoms with Gasteiger partial charge < -0.3 is 10.4 Å². The number of hydrogen-bond acceptors (Lipinski definition) is 3. The molecule has 2 N–H and O–H groups in total. The number of aliphatic hydroxyl groups is 1. The van der Waals surface area contributed by atoms with Gasteiger partial charge in [0.05, 0.1) is 10.6 Å². The molecular weight excluding hydrogens is 371 g/mol. The van der Waals surface area contributed by atoms with Crippen molar-refractivity contribution in [2.45, 2.75) is 25.1 Å². The van der Waals surface area contributed by atoms with E-state index >= 15 is 0 Å². The lowest BCUT2D eigenvalue weighted by molar-refractivity contribution is -0.139. The van der Waals surface area contributed by atoms with E-state index in [0.717, 1.165) is 12.1 Å². The molecule has 0 aromatic heterocycles. The molecule has 0 amide bonds. The molecule has 1 aliphatic rings. The van der Waals surface area contributed by atoms with Crippen molar-refractivity contribution in [1.82, 2.24) is 10.2 Å². The van der Waals surface area contributed by atoms with E-state index in [0.29, 0.717) is 26.2 Å². The van der Waals surface area contributed by atoms with Gasteiger partial charge >= 0.3 is 6.18 Å². The number of alkyl halides is 3. The first kappa shape index (κ1) is 21.4. The minimum atomic E-state index is -4.66. The molecule has 9 heteroatoms. The molecule has 24 heavy (non-hydrogen) atoms. The predicted molar refractivity (Wildman–Crippen MR) is 87.2 cm³/mol. The first-order chi connectivity index (χ1) is 10.9. The molecule has 0 bridgehead atoms. The van der Waals surface area contributed by atoms with E-state index in [4.69, 9.17) is 16.7 Å². The second-order valence-corrected chi connectivity index (χ2v) is 5.90. The fraction of sp³-hybridized carbons (Fsp3) is 0.600. The van der Waals surface area contributed by atoms with Crippen molar-refractivity contribution in [2.75, 3.05) is 32.8 Å². The molecule has 0 aliphatic carbocycles. The summed E-state index contributed by atoms with van der Waals surface area (Å²) < 4.78 is 54.4. The maximum atomic E-state index is 14.5. The average Bonchev–Trinajstić information content (AvgIpc) is 2.51. The molecule has 1 fully saturated rings. The maximum Gasteiger partial charge on any atom is 0.416 e. The van der Waals surface area contributed by atoms with Gasteiger partial charge in [-0.2, -0.15) is 13.2 Å². The molecule has 1 saturated heterocycles. The molecule has 1 atom stereocenters. The van der Waals surface area contributed by atoms with Crippen molar-refractivity contribution in [3.63, 3.8) is 0 Å². The normalized spacial score (nSPS) is 17.4. The SMILES string of the molecule is Cl.OCCC[C@@H](c1c(C(F)(F)F)ccc(Cl)c1F)N1CCNCC1. The molecule has 1 heterocycles. The van der Waals surface area contributed by atoms with Gasteiger partial charge in [-0.05, 0) is 25.0 Å². The third-order valence-corrected chi connectivity index (χ3v) is 4.29. The summed E-state index contributed by atoms with van der Waals surface area (Å²) in [4.78, 5) is 1.82. The Morgan fingerprint density at radius 3 is 2.42 bits per heavy atom. The van der Waals surface area contributed by atoms with E-state index in [1.165, 1.54) is 0 Å². The molecule has 2 rings (SSSR count). The molecule has 0 unspecified atom stereocenters. The van der Waals surface area contributed by atoms with Crippen molar-refractivity contribution in [2.24, 2.45) is 0 Å². The van der Waals surface area contributed by atoms with E-state index in [-0.39, 0.29) is 36.9 Å². The number of rotatable bonds is 5. The van der Waals surface area contributed by atoms with Gasteiger partial charge in [0.2, 0.25) is 0 Å². The maximum absolute atomic E-state index is 14.5. The highest BCUT2D eigenvalue weighted by molar-refractivity contribution is 6.30. The van der Waals surface area contributed by atoms with Gasteiger partial charge in [-0.15, -0.1) is 12.4 Å². The lowest BCUT2D eigenvalue weighted by atomic mass is 9.94. The molecule has 1 aromatic rings. The van der Waals surface area contributed by atoms with Gasteiger partial charge in [-0.25, -0.2) is 4.39 Å². The second kappa shape index (κ2) is 9.20. The summed E-state index contributed by atoms with van der Waals surface area (Å²) in [5, 5.41) is 11.8.